The molecule has 18 heavy (non-hydrogen) atoms. The lowest BCUT2D eigenvalue weighted by Crippen LogP contribution is -2.29. The minimum atomic E-state index is 0.358. The summed E-state index contributed by atoms with van der Waals surface area (Å²) in [6.45, 7) is 2.68. The van der Waals surface area contributed by atoms with Crippen LogP contribution in [0.25, 0.3) is 0 Å². The van der Waals surface area contributed by atoms with Crippen molar-refractivity contribution in [1.82, 2.24) is 5.32 Å². The van der Waals surface area contributed by atoms with Gasteiger partial charge < -0.3 is 15.0 Å². The number of halogens is 1. The third-order valence-electron chi connectivity index (χ3n) is 3.33. The zero-order valence-corrected chi connectivity index (χ0v) is 11.8. The first kappa shape index (κ1) is 13.7. The fourth-order valence-corrected chi connectivity index (χ4v) is 2.59. The molecule has 1 heterocycles. The fourth-order valence-electron chi connectivity index (χ4n) is 2.42. The molecule has 0 bridgehead atoms. The number of ether oxygens (including phenoxy) is 1. The van der Waals surface area contributed by atoms with Crippen LogP contribution in [0.5, 0.6) is 0 Å². The van der Waals surface area contributed by atoms with Gasteiger partial charge in [-0.2, -0.15) is 0 Å². The van der Waals surface area contributed by atoms with Gasteiger partial charge in [0.1, 0.15) is 0 Å². The SMILES string of the molecule is CNCc1ccc(Cl)cc1N(C)CC1CCCO1. The van der Waals surface area contributed by atoms with Gasteiger partial charge in [0.2, 0.25) is 0 Å². The van der Waals surface area contributed by atoms with Crippen molar-refractivity contribution in [2.75, 3.05) is 32.1 Å². The third-order valence-corrected chi connectivity index (χ3v) is 3.56. The van der Waals surface area contributed by atoms with Crippen molar-refractivity contribution >= 4 is 17.3 Å². The minimum absolute atomic E-state index is 0.358. The molecule has 0 amide bonds. The average Bonchev–Trinajstić information content (AvgIpc) is 2.84. The minimum Gasteiger partial charge on any atom is -0.376 e. The van der Waals surface area contributed by atoms with Crippen LogP contribution in [-0.2, 0) is 11.3 Å². The summed E-state index contributed by atoms with van der Waals surface area (Å²) in [7, 11) is 4.06. The quantitative estimate of drug-likeness (QED) is 0.889. The molecular weight excluding hydrogens is 248 g/mol. The molecule has 1 unspecified atom stereocenters. The van der Waals surface area contributed by atoms with E-state index in [1.54, 1.807) is 0 Å². The lowest BCUT2D eigenvalue weighted by Gasteiger charge is -2.25. The van der Waals surface area contributed by atoms with Gasteiger partial charge in [-0.25, -0.2) is 0 Å². The maximum atomic E-state index is 6.10. The van der Waals surface area contributed by atoms with E-state index in [9.17, 15) is 0 Å². The van der Waals surface area contributed by atoms with E-state index >= 15 is 0 Å². The predicted molar refractivity (Wildman–Crippen MR) is 76.5 cm³/mol. The van der Waals surface area contributed by atoms with Crippen molar-refractivity contribution in [3.63, 3.8) is 0 Å². The van der Waals surface area contributed by atoms with E-state index in [0.29, 0.717) is 6.10 Å². The Balaban J connectivity index is 2.11. The predicted octanol–water partition coefficient (Wildman–Crippen LogP) is 2.67. The van der Waals surface area contributed by atoms with Gasteiger partial charge in [0.05, 0.1) is 6.10 Å². The molecule has 4 heteroatoms. The van der Waals surface area contributed by atoms with Crippen LogP contribution in [0.1, 0.15) is 18.4 Å². The van der Waals surface area contributed by atoms with E-state index in [1.165, 1.54) is 17.7 Å². The standard InChI is InChI=1S/C14H21ClN2O/c1-16-9-11-5-6-12(15)8-14(11)17(2)10-13-4-3-7-18-13/h5-6,8,13,16H,3-4,7,9-10H2,1-2H3. The van der Waals surface area contributed by atoms with Gasteiger partial charge in [0, 0.05) is 37.5 Å². The van der Waals surface area contributed by atoms with Gasteiger partial charge in [0.25, 0.3) is 0 Å². The largest absolute Gasteiger partial charge is 0.376 e. The zero-order valence-electron chi connectivity index (χ0n) is 11.1. The van der Waals surface area contributed by atoms with Gasteiger partial charge in [-0.1, -0.05) is 17.7 Å². The van der Waals surface area contributed by atoms with Crippen LogP contribution in [0, 0.1) is 0 Å². The summed E-state index contributed by atoms with van der Waals surface area (Å²) < 4.78 is 5.68. The number of rotatable bonds is 5. The van der Waals surface area contributed by atoms with Gasteiger partial charge in [0.15, 0.2) is 0 Å². The van der Waals surface area contributed by atoms with Crippen LogP contribution in [-0.4, -0.2) is 33.4 Å². The van der Waals surface area contributed by atoms with Crippen LogP contribution in [0.4, 0.5) is 5.69 Å². The maximum Gasteiger partial charge on any atom is 0.0750 e. The molecule has 1 aromatic carbocycles. The summed E-state index contributed by atoms with van der Waals surface area (Å²) in [6, 6.07) is 6.06. The maximum absolute atomic E-state index is 6.10. The number of hydrogen-bond acceptors (Lipinski definition) is 3. The molecule has 1 aromatic rings. The monoisotopic (exact) mass is 268 g/mol. The molecule has 1 fully saturated rings. The average molecular weight is 269 g/mol. The highest BCUT2D eigenvalue weighted by molar-refractivity contribution is 6.30. The van der Waals surface area contributed by atoms with E-state index < -0.39 is 0 Å². The molecule has 1 aliphatic rings. The lowest BCUT2D eigenvalue weighted by molar-refractivity contribution is 0.116. The smallest absolute Gasteiger partial charge is 0.0750 e. The van der Waals surface area contributed by atoms with Crippen LogP contribution in [0.2, 0.25) is 5.02 Å². The second kappa shape index (κ2) is 6.41. The van der Waals surface area contributed by atoms with Crippen LogP contribution >= 0.6 is 11.6 Å². The Morgan fingerprint density at radius 3 is 3.00 bits per heavy atom. The molecular formula is C14H21ClN2O. The van der Waals surface area contributed by atoms with Gasteiger partial charge in [-0.15, -0.1) is 0 Å². The molecule has 1 N–H and O–H groups in total. The Kier molecular flexibility index (Phi) is 4.87. The van der Waals surface area contributed by atoms with E-state index in [-0.39, 0.29) is 0 Å². The molecule has 2 rings (SSSR count). The topological polar surface area (TPSA) is 24.5 Å². The summed E-state index contributed by atoms with van der Waals surface area (Å²) in [6.07, 6.45) is 2.69. The molecule has 1 saturated heterocycles. The molecule has 1 aliphatic heterocycles. The second-order valence-electron chi connectivity index (χ2n) is 4.82. The van der Waals surface area contributed by atoms with E-state index in [0.717, 1.165) is 31.1 Å². The summed E-state index contributed by atoms with van der Waals surface area (Å²) in [5.41, 5.74) is 2.45. The Bertz CT molecular complexity index is 391. The number of hydrogen-bond donors (Lipinski definition) is 1. The molecule has 0 aromatic heterocycles. The number of anilines is 1. The summed E-state index contributed by atoms with van der Waals surface area (Å²) in [5, 5.41) is 3.97. The van der Waals surface area contributed by atoms with E-state index in [1.807, 2.05) is 19.2 Å². The van der Waals surface area contributed by atoms with Crippen molar-refractivity contribution in [2.24, 2.45) is 0 Å². The van der Waals surface area contributed by atoms with Gasteiger partial charge in [-0.05, 0) is 37.6 Å². The molecule has 0 spiro atoms. The van der Waals surface area contributed by atoms with Gasteiger partial charge in [-0.3, -0.25) is 0 Å². The Labute approximate surface area is 114 Å². The van der Waals surface area contributed by atoms with Crippen molar-refractivity contribution in [2.45, 2.75) is 25.5 Å². The number of likely N-dealkylation sites (N-methyl/N-ethyl adjacent to an activating group) is 1. The molecule has 0 aliphatic carbocycles. The van der Waals surface area contributed by atoms with Crippen molar-refractivity contribution in [3.05, 3.63) is 28.8 Å². The molecule has 3 nitrogen and oxygen atoms in total. The summed E-state index contributed by atoms with van der Waals surface area (Å²) in [4.78, 5) is 2.24. The molecule has 1 atom stereocenters. The van der Waals surface area contributed by atoms with Crippen molar-refractivity contribution in [1.29, 1.82) is 0 Å². The molecule has 0 saturated carbocycles. The normalized spacial score (nSPS) is 19.2. The lowest BCUT2D eigenvalue weighted by atomic mass is 10.1. The van der Waals surface area contributed by atoms with Crippen molar-refractivity contribution < 1.29 is 4.74 Å². The van der Waals surface area contributed by atoms with Gasteiger partial charge >= 0.3 is 0 Å². The first-order valence-electron chi connectivity index (χ1n) is 6.46. The number of benzene rings is 1. The number of nitrogens with zero attached hydrogens (tertiary/aromatic N) is 1. The second-order valence-corrected chi connectivity index (χ2v) is 5.26. The Morgan fingerprint density at radius 1 is 1.50 bits per heavy atom. The van der Waals surface area contributed by atoms with Crippen molar-refractivity contribution in [3.8, 4) is 0 Å². The molecule has 100 valence electrons. The first-order valence-corrected chi connectivity index (χ1v) is 6.84. The Hall–Kier alpha value is -0.770. The highest BCUT2D eigenvalue weighted by atomic mass is 35.5. The van der Waals surface area contributed by atoms with Crippen LogP contribution in [0.3, 0.4) is 0 Å². The number of nitrogens with one attached hydrogen (secondary N) is 1. The Morgan fingerprint density at radius 2 is 2.33 bits per heavy atom. The zero-order chi connectivity index (χ0) is 13.0. The van der Waals surface area contributed by atoms with E-state index in [2.05, 4.69) is 23.3 Å². The molecule has 0 radical (unpaired) electrons. The van der Waals surface area contributed by atoms with Crippen LogP contribution in [0.15, 0.2) is 18.2 Å². The summed E-state index contributed by atoms with van der Waals surface area (Å²) >= 11 is 6.10. The fraction of sp³-hybridized carbons (Fsp3) is 0.571. The van der Waals surface area contributed by atoms with E-state index in [4.69, 9.17) is 16.3 Å². The third kappa shape index (κ3) is 3.37. The summed E-state index contributed by atoms with van der Waals surface area (Å²) in [5.74, 6) is 0. The first-order chi connectivity index (χ1) is 8.70. The van der Waals surface area contributed by atoms with Crippen LogP contribution < -0.4 is 10.2 Å². The highest BCUT2D eigenvalue weighted by Gasteiger charge is 2.18. The highest BCUT2D eigenvalue weighted by Crippen LogP contribution is 2.25.